The van der Waals surface area contributed by atoms with Gasteiger partial charge in [0.25, 0.3) is 0 Å². The molecule has 0 aliphatic heterocycles. The highest BCUT2D eigenvalue weighted by molar-refractivity contribution is 5.78. The summed E-state index contributed by atoms with van der Waals surface area (Å²) in [5.41, 5.74) is 2.38. The zero-order valence-electron chi connectivity index (χ0n) is 11.1. The molecule has 4 nitrogen and oxygen atoms in total. The van der Waals surface area contributed by atoms with Gasteiger partial charge in [-0.2, -0.15) is 0 Å². The van der Waals surface area contributed by atoms with Crippen molar-refractivity contribution in [2.24, 2.45) is 0 Å². The minimum absolute atomic E-state index is 0.0995. The van der Waals surface area contributed by atoms with E-state index in [0.29, 0.717) is 12.6 Å². The minimum Gasteiger partial charge on any atom is -0.378 e. The van der Waals surface area contributed by atoms with Gasteiger partial charge < -0.3 is 15.5 Å². The van der Waals surface area contributed by atoms with Crippen molar-refractivity contribution in [2.45, 2.75) is 25.4 Å². The van der Waals surface area contributed by atoms with Gasteiger partial charge >= 0.3 is 0 Å². The first-order chi connectivity index (χ1) is 8.65. The van der Waals surface area contributed by atoms with Crippen LogP contribution in [0, 0.1) is 0 Å². The Morgan fingerprint density at radius 1 is 1.28 bits per heavy atom. The highest BCUT2D eigenvalue weighted by atomic mass is 16.2. The van der Waals surface area contributed by atoms with E-state index in [1.54, 1.807) is 0 Å². The van der Waals surface area contributed by atoms with E-state index >= 15 is 0 Å². The van der Waals surface area contributed by atoms with Gasteiger partial charge in [-0.05, 0) is 30.5 Å². The maximum atomic E-state index is 11.4. The Morgan fingerprint density at radius 2 is 1.94 bits per heavy atom. The van der Waals surface area contributed by atoms with Crippen LogP contribution < -0.4 is 15.5 Å². The van der Waals surface area contributed by atoms with Gasteiger partial charge in [-0.1, -0.05) is 12.1 Å². The summed E-state index contributed by atoms with van der Waals surface area (Å²) in [5, 5.41) is 6.11. The molecule has 0 spiro atoms. The Kier molecular flexibility index (Phi) is 4.20. The van der Waals surface area contributed by atoms with Gasteiger partial charge in [0.05, 0.1) is 6.54 Å². The second kappa shape index (κ2) is 5.87. The van der Waals surface area contributed by atoms with Crippen molar-refractivity contribution in [1.82, 2.24) is 10.6 Å². The van der Waals surface area contributed by atoms with Gasteiger partial charge in [0.1, 0.15) is 0 Å². The summed E-state index contributed by atoms with van der Waals surface area (Å²) in [6.45, 7) is 1.12. The number of hydrogen-bond acceptors (Lipinski definition) is 3. The van der Waals surface area contributed by atoms with Gasteiger partial charge in [0.2, 0.25) is 5.91 Å². The lowest BCUT2D eigenvalue weighted by Gasteiger charge is -2.12. The normalized spacial score (nSPS) is 14.3. The summed E-state index contributed by atoms with van der Waals surface area (Å²) >= 11 is 0. The quantitative estimate of drug-likeness (QED) is 0.792. The van der Waals surface area contributed by atoms with E-state index < -0.39 is 0 Å². The Labute approximate surface area is 108 Å². The van der Waals surface area contributed by atoms with Crippen LogP contribution in [-0.4, -0.2) is 32.6 Å². The van der Waals surface area contributed by atoms with Crippen LogP contribution in [0.5, 0.6) is 0 Å². The van der Waals surface area contributed by atoms with Crippen molar-refractivity contribution in [3.8, 4) is 0 Å². The van der Waals surface area contributed by atoms with Crippen molar-refractivity contribution in [1.29, 1.82) is 0 Å². The maximum Gasteiger partial charge on any atom is 0.234 e. The van der Waals surface area contributed by atoms with Gasteiger partial charge in [0.15, 0.2) is 0 Å². The van der Waals surface area contributed by atoms with Crippen LogP contribution in [0.4, 0.5) is 5.69 Å². The molecular weight excluding hydrogens is 226 g/mol. The van der Waals surface area contributed by atoms with Gasteiger partial charge in [0, 0.05) is 32.4 Å². The monoisotopic (exact) mass is 247 g/mol. The molecule has 0 atom stereocenters. The molecule has 1 aliphatic carbocycles. The fourth-order valence-corrected chi connectivity index (χ4v) is 1.74. The molecule has 0 bridgehead atoms. The molecule has 1 saturated carbocycles. The number of rotatable bonds is 6. The molecule has 0 saturated heterocycles. The highest BCUT2D eigenvalue weighted by Crippen LogP contribution is 2.18. The Balaban J connectivity index is 1.70. The lowest BCUT2D eigenvalue weighted by Crippen LogP contribution is -2.34. The third kappa shape index (κ3) is 4.04. The SMILES string of the molecule is CN(C)c1ccc(CNCC(=O)NC2CC2)cc1. The first-order valence-corrected chi connectivity index (χ1v) is 6.41. The molecule has 98 valence electrons. The first-order valence-electron chi connectivity index (χ1n) is 6.41. The molecule has 0 unspecified atom stereocenters. The van der Waals surface area contributed by atoms with E-state index in [1.807, 2.05) is 14.1 Å². The molecule has 1 amide bonds. The van der Waals surface area contributed by atoms with E-state index in [-0.39, 0.29) is 5.91 Å². The van der Waals surface area contributed by atoms with Crippen LogP contribution in [-0.2, 0) is 11.3 Å². The van der Waals surface area contributed by atoms with Gasteiger partial charge in [-0.3, -0.25) is 4.79 Å². The van der Waals surface area contributed by atoms with Crippen molar-refractivity contribution in [3.05, 3.63) is 29.8 Å². The smallest absolute Gasteiger partial charge is 0.234 e. The lowest BCUT2D eigenvalue weighted by molar-refractivity contribution is -0.120. The Bertz CT molecular complexity index is 396. The zero-order chi connectivity index (χ0) is 13.0. The average molecular weight is 247 g/mol. The summed E-state index contributed by atoms with van der Waals surface area (Å²) in [6, 6.07) is 8.78. The molecule has 18 heavy (non-hydrogen) atoms. The zero-order valence-corrected chi connectivity index (χ0v) is 11.1. The molecule has 0 radical (unpaired) electrons. The second-order valence-electron chi connectivity index (χ2n) is 5.01. The number of anilines is 1. The number of benzene rings is 1. The summed E-state index contributed by atoms with van der Waals surface area (Å²) in [4.78, 5) is 13.5. The van der Waals surface area contributed by atoms with Gasteiger partial charge in [-0.25, -0.2) is 0 Å². The lowest BCUT2D eigenvalue weighted by atomic mass is 10.2. The number of carbonyl (C=O) groups excluding carboxylic acids is 1. The molecule has 1 aromatic carbocycles. The molecule has 4 heteroatoms. The van der Waals surface area contributed by atoms with Crippen LogP contribution in [0.1, 0.15) is 18.4 Å². The minimum atomic E-state index is 0.0995. The largest absolute Gasteiger partial charge is 0.378 e. The topological polar surface area (TPSA) is 44.4 Å². The summed E-state index contributed by atoms with van der Waals surface area (Å²) in [5.74, 6) is 0.0995. The van der Waals surface area contributed by atoms with Crippen LogP contribution in [0.2, 0.25) is 0 Å². The van der Waals surface area contributed by atoms with Crippen molar-refractivity contribution in [2.75, 3.05) is 25.5 Å². The molecule has 0 heterocycles. The molecule has 1 fully saturated rings. The van der Waals surface area contributed by atoms with Crippen LogP contribution in [0.15, 0.2) is 24.3 Å². The predicted molar refractivity (Wildman–Crippen MR) is 73.6 cm³/mol. The number of hydrogen-bond donors (Lipinski definition) is 2. The number of nitrogens with one attached hydrogen (secondary N) is 2. The number of carbonyl (C=O) groups is 1. The van der Waals surface area contributed by atoms with Crippen molar-refractivity contribution in [3.63, 3.8) is 0 Å². The Morgan fingerprint density at radius 3 is 2.50 bits per heavy atom. The maximum absolute atomic E-state index is 11.4. The third-order valence-corrected chi connectivity index (χ3v) is 3.01. The fourth-order valence-electron chi connectivity index (χ4n) is 1.74. The Hall–Kier alpha value is -1.55. The highest BCUT2D eigenvalue weighted by Gasteiger charge is 2.22. The molecule has 1 aliphatic rings. The first kappa shape index (κ1) is 12.9. The summed E-state index contributed by atoms with van der Waals surface area (Å²) in [6.07, 6.45) is 2.27. The van der Waals surface area contributed by atoms with E-state index in [2.05, 4.69) is 39.8 Å². The molecule has 1 aromatic rings. The summed E-state index contributed by atoms with van der Waals surface area (Å²) < 4.78 is 0. The van der Waals surface area contributed by atoms with Crippen LogP contribution >= 0.6 is 0 Å². The van der Waals surface area contributed by atoms with Crippen molar-refractivity contribution >= 4 is 11.6 Å². The summed E-state index contributed by atoms with van der Waals surface area (Å²) in [7, 11) is 4.05. The van der Waals surface area contributed by atoms with E-state index in [4.69, 9.17) is 0 Å². The predicted octanol–water partition coefficient (Wildman–Crippen LogP) is 1.12. The standard InChI is InChI=1S/C14H21N3O/c1-17(2)13-7-3-11(4-8-13)9-15-10-14(18)16-12-5-6-12/h3-4,7-8,12,15H,5-6,9-10H2,1-2H3,(H,16,18). The van der Waals surface area contributed by atoms with Crippen molar-refractivity contribution < 1.29 is 4.79 Å². The van der Waals surface area contributed by atoms with E-state index in [0.717, 1.165) is 19.4 Å². The average Bonchev–Trinajstić information content (AvgIpc) is 3.13. The van der Waals surface area contributed by atoms with Gasteiger partial charge in [-0.15, -0.1) is 0 Å². The number of amides is 1. The number of nitrogens with zero attached hydrogens (tertiary/aromatic N) is 1. The molecule has 0 aromatic heterocycles. The third-order valence-electron chi connectivity index (χ3n) is 3.01. The molecule has 2 N–H and O–H groups in total. The second-order valence-corrected chi connectivity index (χ2v) is 5.01. The molecule has 2 rings (SSSR count). The molecular formula is C14H21N3O. The van der Waals surface area contributed by atoms with E-state index in [1.165, 1.54) is 11.3 Å². The van der Waals surface area contributed by atoms with E-state index in [9.17, 15) is 4.79 Å². The van der Waals surface area contributed by atoms with Crippen LogP contribution in [0.3, 0.4) is 0 Å². The fraction of sp³-hybridized carbons (Fsp3) is 0.500. The van der Waals surface area contributed by atoms with Crippen LogP contribution in [0.25, 0.3) is 0 Å².